The quantitative estimate of drug-likeness (QED) is 0.628. The van der Waals surface area contributed by atoms with E-state index in [0.29, 0.717) is 0 Å². The second-order valence-electron chi connectivity index (χ2n) is 4.18. The van der Waals surface area contributed by atoms with Crippen LogP contribution in [0.1, 0.15) is 5.56 Å². The lowest BCUT2D eigenvalue weighted by Crippen LogP contribution is -1.94. The monoisotopic (exact) mass is 268 g/mol. The molecule has 0 aliphatic carbocycles. The average Bonchev–Trinajstić information content (AvgIpc) is 2.53. The van der Waals surface area contributed by atoms with Crippen LogP contribution in [0.5, 0.6) is 5.75 Å². The zero-order valence-corrected chi connectivity index (χ0v) is 11.5. The molecule has 102 valence electrons. The summed E-state index contributed by atoms with van der Waals surface area (Å²) in [6.45, 7) is 0. The normalized spacial score (nSPS) is 10.5. The van der Waals surface area contributed by atoms with Crippen molar-refractivity contribution in [2.24, 2.45) is 0 Å². The summed E-state index contributed by atoms with van der Waals surface area (Å²) < 4.78 is 9.85. The minimum absolute atomic E-state index is 0.383. The fourth-order valence-electron chi connectivity index (χ4n) is 1.91. The van der Waals surface area contributed by atoms with Gasteiger partial charge in [-0.1, -0.05) is 36.4 Å². The van der Waals surface area contributed by atoms with Crippen molar-refractivity contribution in [3.05, 3.63) is 60.2 Å². The molecule has 0 heterocycles. The van der Waals surface area contributed by atoms with Crippen molar-refractivity contribution in [3.63, 3.8) is 0 Å². The number of hydrogen-bond acceptors (Lipinski definition) is 3. The van der Waals surface area contributed by atoms with Gasteiger partial charge in [-0.05, 0) is 34.9 Å². The Bertz CT molecular complexity index is 615. The van der Waals surface area contributed by atoms with E-state index < -0.39 is 0 Å². The van der Waals surface area contributed by atoms with Crippen LogP contribution in [0.4, 0.5) is 0 Å². The Morgan fingerprint density at radius 1 is 1.05 bits per heavy atom. The number of carbonyl (C=O) groups is 1. The second-order valence-corrected chi connectivity index (χ2v) is 4.18. The summed E-state index contributed by atoms with van der Waals surface area (Å²) in [6.07, 6.45) is 3.14. The van der Waals surface area contributed by atoms with Gasteiger partial charge in [-0.3, -0.25) is 0 Å². The molecule has 0 spiro atoms. The molecule has 2 aromatic rings. The molecule has 3 nitrogen and oxygen atoms in total. The van der Waals surface area contributed by atoms with Crippen molar-refractivity contribution >= 4 is 12.0 Å². The SMILES string of the molecule is COC(=O)C=Cc1cc(OC)ccc1-c1ccccc1. The third kappa shape index (κ3) is 3.26. The second kappa shape index (κ2) is 6.57. The van der Waals surface area contributed by atoms with E-state index >= 15 is 0 Å². The van der Waals surface area contributed by atoms with Crippen molar-refractivity contribution in [1.82, 2.24) is 0 Å². The van der Waals surface area contributed by atoms with E-state index in [1.54, 1.807) is 13.2 Å². The zero-order valence-electron chi connectivity index (χ0n) is 11.5. The number of ether oxygens (including phenoxy) is 2. The van der Waals surface area contributed by atoms with Gasteiger partial charge in [0.15, 0.2) is 0 Å². The van der Waals surface area contributed by atoms with Gasteiger partial charge < -0.3 is 9.47 Å². The molecule has 2 aromatic carbocycles. The molecular formula is C17H16O3. The fourth-order valence-corrected chi connectivity index (χ4v) is 1.91. The number of hydrogen-bond donors (Lipinski definition) is 0. The minimum Gasteiger partial charge on any atom is -0.497 e. The molecule has 0 aliphatic rings. The molecule has 0 aromatic heterocycles. The van der Waals surface area contributed by atoms with E-state index in [2.05, 4.69) is 4.74 Å². The maximum absolute atomic E-state index is 11.2. The third-order valence-corrected chi connectivity index (χ3v) is 2.94. The highest BCUT2D eigenvalue weighted by molar-refractivity contribution is 5.89. The first-order valence-electron chi connectivity index (χ1n) is 6.24. The van der Waals surface area contributed by atoms with Gasteiger partial charge in [0.2, 0.25) is 0 Å². The van der Waals surface area contributed by atoms with E-state index in [1.807, 2.05) is 48.5 Å². The van der Waals surface area contributed by atoms with Crippen LogP contribution in [-0.4, -0.2) is 20.2 Å². The third-order valence-electron chi connectivity index (χ3n) is 2.94. The van der Waals surface area contributed by atoms with Gasteiger partial charge in [0.25, 0.3) is 0 Å². The summed E-state index contributed by atoms with van der Waals surface area (Å²) in [5.74, 6) is 0.362. The van der Waals surface area contributed by atoms with Crippen molar-refractivity contribution in [2.75, 3.05) is 14.2 Å². The van der Waals surface area contributed by atoms with E-state index in [9.17, 15) is 4.79 Å². The van der Waals surface area contributed by atoms with Crippen molar-refractivity contribution in [3.8, 4) is 16.9 Å². The minimum atomic E-state index is -0.383. The maximum Gasteiger partial charge on any atom is 0.330 e. The molecule has 0 fully saturated rings. The number of benzene rings is 2. The highest BCUT2D eigenvalue weighted by Gasteiger charge is 2.05. The van der Waals surface area contributed by atoms with Crippen LogP contribution >= 0.6 is 0 Å². The maximum atomic E-state index is 11.2. The van der Waals surface area contributed by atoms with Crippen LogP contribution in [0.25, 0.3) is 17.2 Å². The molecule has 0 aliphatic heterocycles. The lowest BCUT2D eigenvalue weighted by Gasteiger charge is -2.09. The molecule has 2 rings (SSSR count). The van der Waals surface area contributed by atoms with Gasteiger partial charge in [-0.15, -0.1) is 0 Å². The van der Waals surface area contributed by atoms with E-state index in [4.69, 9.17) is 4.74 Å². The molecule has 0 N–H and O–H groups in total. The van der Waals surface area contributed by atoms with Gasteiger partial charge in [-0.2, -0.15) is 0 Å². The summed E-state index contributed by atoms with van der Waals surface area (Å²) in [5, 5.41) is 0. The Hall–Kier alpha value is -2.55. The van der Waals surface area contributed by atoms with Crippen LogP contribution in [0.2, 0.25) is 0 Å². The van der Waals surface area contributed by atoms with Gasteiger partial charge in [0, 0.05) is 6.08 Å². The molecule has 3 heteroatoms. The highest BCUT2D eigenvalue weighted by atomic mass is 16.5. The van der Waals surface area contributed by atoms with Crippen molar-refractivity contribution in [1.29, 1.82) is 0 Å². The smallest absolute Gasteiger partial charge is 0.330 e. The van der Waals surface area contributed by atoms with Crippen LogP contribution in [0, 0.1) is 0 Å². The molecular weight excluding hydrogens is 252 g/mol. The first-order chi connectivity index (χ1) is 9.74. The molecule has 0 radical (unpaired) electrons. The van der Waals surface area contributed by atoms with Crippen molar-refractivity contribution in [2.45, 2.75) is 0 Å². The molecule has 0 saturated heterocycles. The van der Waals surface area contributed by atoms with Crippen molar-refractivity contribution < 1.29 is 14.3 Å². The van der Waals surface area contributed by atoms with E-state index in [-0.39, 0.29) is 5.97 Å². The average molecular weight is 268 g/mol. The van der Waals surface area contributed by atoms with Crippen LogP contribution in [0.15, 0.2) is 54.6 Å². The Balaban J connectivity index is 2.46. The summed E-state index contributed by atoms with van der Waals surface area (Å²) in [4.78, 5) is 11.2. The van der Waals surface area contributed by atoms with Crippen LogP contribution in [-0.2, 0) is 9.53 Å². The highest BCUT2D eigenvalue weighted by Crippen LogP contribution is 2.28. The lowest BCUT2D eigenvalue weighted by atomic mass is 9.99. The standard InChI is InChI=1S/C17H16O3/c1-19-15-9-10-16(13-6-4-3-5-7-13)14(12-15)8-11-17(18)20-2/h3-12H,1-2H3. The molecule has 0 amide bonds. The molecule has 0 bridgehead atoms. The van der Waals surface area contributed by atoms with Gasteiger partial charge in [0.1, 0.15) is 5.75 Å². The van der Waals surface area contributed by atoms with E-state index in [1.165, 1.54) is 13.2 Å². The molecule has 0 unspecified atom stereocenters. The summed E-state index contributed by atoms with van der Waals surface area (Å²) in [7, 11) is 2.97. The predicted octanol–water partition coefficient (Wildman–Crippen LogP) is 3.55. The van der Waals surface area contributed by atoms with E-state index in [0.717, 1.165) is 22.4 Å². The summed E-state index contributed by atoms with van der Waals surface area (Å²) >= 11 is 0. The fraction of sp³-hybridized carbons (Fsp3) is 0.118. The number of carbonyl (C=O) groups excluding carboxylic acids is 1. The predicted molar refractivity (Wildman–Crippen MR) is 79.5 cm³/mol. The lowest BCUT2D eigenvalue weighted by molar-refractivity contribution is -0.134. The number of methoxy groups -OCH3 is 2. The summed E-state index contributed by atoms with van der Waals surface area (Å²) in [5.41, 5.74) is 3.02. The number of esters is 1. The first kappa shape index (κ1) is 13.9. The van der Waals surface area contributed by atoms with Gasteiger partial charge in [0.05, 0.1) is 14.2 Å². The zero-order chi connectivity index (χ0) is 14.4. The Morgan fingerprint density at radius 3 is 2.45 bits per heavy atom. The van der Waals surface area contributed by atoms with Crippen LogP contribution in [0.3, 0.4) is 0 Å². The summed E-state index contributed by atoms with van der Waals surface area (Å²) in [6, 6.07) is 15.7. The Morgan fingerprint density at radius 2 is 1.80 bits per heavy atom. The largest absolute Gasteiger partial charge is 0.497 e. The molecule has 0 atom stereocenters. The first-order valence-corrected chi connectivity index (χ1v) is 6.24. The molecule has 0 saturated carbocycles. The topological polar surface area (TPSA) is 35.5 Å². The Labute approximate surface area is 118 Å². The van der Waals surface area contributed by atoms with Gasteiger partial charge >= 0.3 is 5.97 Å². The number of rotatable bonds is 4. The Kier molecular flexibility index (Phi) is 4.56. The molecule has 20 heavy (non-hydrogen) atoms. The van der Waals surface area contributed by atoms with Gasteiger partial charge in [-0.25, -0.2) is 4.79 Å². The van der Waals surface area contributed by atoms with Crippen LogP contribution < -0.4 is 4.74 Å².